The number of nitrogens with zero attached hydrogens (tertiary/aromatic N) is 2. The van der Waals surface area contributed by atoms with Crippen LogP contribution < -0.4 is 10.5 Å². The molecule has 0 spiro atoms. The molecule has 6 nitrogen and oxygen atoms in total. The standard InChI is InChI=1S/C20H31N3O3.ClH/c1-26-18-8-6-7-17(15-18)16-20(25)23-13-11-22(12-14-23)19(24)9-4-2-3-5-10-21;/h6-8,15H,2-5,9-14,16,21H2,1H3;1H. The average molecular weight is 398 g/mol. The molecular formula is C20H32ClN3O3. The van der Waals surface area contributed by atoms with E-state index in [1.807, 2.05) is 34.1 Å². The van der Waals surface area contributed by atoms with E-state index in [0.29, 0.717) is 39.0 Å². The molecule has 27 heavy (non-hydrogen) atoms. The maximum Gasteiger partial charge on any atom is 0.227 e. The van der Waals surface area contributed by atoms with E-state index in [2.05, 4.69) is 0 Å². The van der Waals surface area contributed by atoms with Gasteiger partial charge in [-0.25, -0.2) is 0 Å². The van der Waals surface area contributed by atoms with Gasteiger partial charge in [-0.2, -0.15) is 0 Å². The summed E-state index contributed by atoms with van der Waals surface area (Å²) in [7, 11) is 1.62. The normalized spacial score (nSPS) is 13.9. The molecule has 0 saturated carbocycles. The van der Waals surface area contributed by atoms with E-state index in [4.69, 9.17) is 10.5 Å². The van der Waals surface area contributed by atoms with Crippen molar-refractivity contribution in [2.75, 3.05) is 39.8 Å². The van der Waals surface area contributed by atoms with Gasteiger partial charge in [-0.15, -0.1) is 12.4 Å². The lowest BCUT2D eigenvalue weighted by Crippen LogP contribution is -2.50. The van der Waals surface area contributed by atoms with Gasteiger partial charge in [-0.1, -0.05) is 25.0 Å². The minimum absolute atomic E-state index is 0. The van der Waals surface area contributed by atoms with Crippen LogP contribution in [-0.4, -0.2) is 61.4 Å². The van der Waals surface area contributed by atoms with E-state index in [1.165, 1.54) is 0 Å². The van der Waals surface area contributed by atoms with E-state index >= 15 is 0 Å². The van der Waals surface area contributed by atoms with Gasteiger partial charge < -0.3 is 20.3 Å². The third-order valence-corrected chi connectivity index (χ3v) is 4.82. The van der Waals surface area contributed by atoms with Gasteiger partial charge in [0.25, 0.3) is 0 Å². The molecule has 0 aromatic heterocycles. The summed E-state index contributed by atoms with van der Waals surface area (Å²) in [6, 6.07) is 7.59. The molecule has 1 heterocycles. The third-order valence-electron chi connectivity index (χ3n) is 4.82. The summed E-state index contributed by atoms with van der Waals surface area (Å²) in [5.41, 5.74) is 6.42. The SMILES string of the molecule is COc1cccc(CC(=O)N2CCN(C(=O)CCCCCCN)CC2)c1.Cl. The molecule has 2 N–H and O–H groups in total. The van der Waals surface area contributed by atoms with Crippen molar-refractivity contribution < 1.29 is 14.3 Å². The average Bonchev–Trinajstić information content (AvgIpc) is 2.68. The molecule has 0 bridgehead atoms. The second-order valence-corrected chi connectivity index (χ2v) is 6.74. The minimum Gasteiger partial charge on any atom is -0.497 e. The molecule has 1 aromatic carbocycles. The third kappa shape index (κ3) is 7.77. The first-order valence-electron chi connectivity index (χ1n) is 9.52. The largest absolute Gasteiger partial charge is 0.497 e. The Morgan fingerprint density at radius 3 is 2.26 bits per heavy atom. The van der Waals surface area contributed by atoms with Gasteiger partial charge in [0.05, 0.1) is 13.5 Å². The number of methoxy groups -OCH3 is 1. The Bertz CT molecular complexity index is 590. The van der Waals surface area contributed by atoms with Crippen LogP contribution in [0.4, 0.5) is 0 Å². The van der Waals surface area contributed by atoms with E-state index in [1.54, 1.807) is 7.11 Å². The molecule has 0 atom stereocenters. The van der Waals surface area contributed by atoms with Crippen LogP contribution >= 0.6 is 12.4 Å². The molecule has 0 unspecified atom stereocenters. The van der Waals surface area contributed by atoms with Crippen molar-refractivity contribution in [3.63, 3.8) is 0 Å². The van der Waals surface area contributed by atoms with Gasteiger partial charge in [0.15, 0.2) is 0 Å². The Labute approximate surface area is 168 Å². The summed E-state index contributed by atoms with van der Waals surface area (Å²) in [6.45, 7) is 3.21. The van der Waals surface area contributed by atoms with E-state index in [-0.39, 0.29) is 24.2 Å². The van der Waals surface area contributed by atoms with Crippen LogP contribution in [0.1, 0.15) is 37.7 Å². The van der Waals surface area contributed by atoms with Crippen molar-refractivity contribution in [1.29, 1.82) is 0 Å². The highest BCUT2D eigenvalue weighted by molar-refractivity contribution is 5.85. The van der Waals surface area contributed by atoms with Gasteiger partial charge in [0.2, 0.25) is 11.8 Å². The molecule has 1 aliphatic rings. The van der Waals surface area contributed by atoms with Crippen LogP contribution in [0.3, 0.4) is 0 Å². The number of unbranched alkanes of at least 4 members (excludes halogenated alkanes) is 3. The highest BCUT2D eigenvalue weighted by atomic mass is 35.5. The number of carbonyl (C=O) groups is 2. The number of amides is 2. The fourth-order valence-corrected chi connectivity index (χ4v) is 3.21. The quantitative estimate of drug-likeness (QED) is 0.648. The first kappa shape index (κ1) is 23.2. The van der Waals surface area contributed by atoms with Crippen molar-refractivity contribution in [1.82, 2.24) is 9.80 Å². The number of nitrogens with two attached hydrogens (primary N) is 1. The van der Waals surface area contributed by atoms with Crippen molar-refractivity contribution in [3.05, 3.63) is 29.8 Å². The molecule has 0 radical (unpaired) electrons. The molecule has 2 rings (SSSR count). The van der Waals surface area contributed by atoms with Gasteiger partial charge >= 0.3 is 0 Å². The van der Waals surface area contributed by atoms with Crippen LogP contribution in [-0.2, 0) is 16.0 Å². The van der Waals surface area contributed by atoms with Gasteiger partial charge in [-0.3, -0.25) is 9.59 Å². The number of ether oxygens (including phenoxy) is 1. The zero-order chi connectivity index (χ0) is 18.8. The van der Waals surface area contributed by atoms with Gasteiger partial charge in [0.1, 0.15) is 5.75 Å². The topological polar surface area (TPSA) is 75.9 Å². The molecular weight excluding hydrogens is 366 g/mol. The number of carbonyl (C=O) groups excluding carboxylic acids is 2. The monoisotopic (exact) mass is 397 g/mol. The lowest BCUT2D eigenvalue weighted by Gasteiger charge is -2.35. The smallest absolute Gasteiger partial charge is 0.227 e. The number of benzene rings is 1. The number of halogens is 1. The van der Waals surface area contributed by atoms with Crippen LogP contribution in [0.5, 0.6) is 5.75 Å². The van der Waals surface area contributed by atoms with Crippen molar-refractivity contribution in [3.8, 4) is 5.75 Å². The summed E-state index contributed by atoms with van der Waals surface area (Å²) >= 11 is 0. The lowest BCUT2D eigenvalue weighted by atomic mass is 10.1. The summed E-state index contributed by atoms with van der Waals surface area (Å²) in [6.07, 6.45) is 5.07. The second kappa shape index (κ2) is 12.6. The highest BCUT2D eigenvalue weighted by Gasteiger charge is 2.23. The van der Waals surface area contributed by atoms with Crippen LogP contribution in [0, 0.1) is 0 Å². The number of rotatable bonds is 9. The van der Waals surface area contributed by atoms with Gasteiger partial charge in [0, 0.05) is 32.6 Å². The van der Waals surface area contributed by atoms with Crippen LogP contribution in [0.15, 0.2) is 24.3 Å². The van der Waals surface area contributed by atoms with Gasteiger partial charge in [-0.05, 0) is 37.1 Å². The number of piperazine rings is 1. The van der Waals surface area contributed by atoms with Crippen LogP contribution in [0.25, 0.3) is 0 Å². The zero-order valence-electron chi connectivity index (χ0n) is 16.2. The van der Waals surface area contributed by atoms with Crippen molar-refractivity contribution in [2.24, 2.45) is 5.73 Å². The maximum absolute atomic E-state index is 12.5. The summed E-state index contributed by atoms with van der Waals surface area (Å²) < 4.78 is 5.20. The summed E-state index contributed by atoms with van der Waals surface area (Å²) in [5.74, 6) is 1.07. The van der Waals surface area contributed by atoms with E-state index < -0.39 is 0 Å². The summed E-state index contributed by atoms with van der Waals surface area (Å²) in [5, 5.41) is 0. The van der Waals surface area contributed by atoms with E-state index in [9.17, 15) is 9.59 Å². The van der Waals surface area contributed by atoms with Crippen molar-refractivity contribution in [2.45, 2.75) is 38.5 Å². The lowest BCUT2D eigenvalue weighted by molar-refractivity contribution is -0.139. The molecule has 1 aliphatic heterocycles. The second-order valence-electron chi connectivity index (χ2n) is 6.74. The number of hydrogen-bond donors (Lipinski definition) is 1. The first-order chi connectivity index (χ1) is 12.6. The fraction of sp³-hybridized carbons (Fsp3) is 0.600. The Kier molecular flexibility index (Phi) is 10.8. The van der Waals surface area contributed by atoms with Crippen LogP contribution in [0.2, 0.25) is 0 Å². The minimum atomic E-state index is 0. The highest BCUT2D eigenvalue weighted by Crippen LogP contribution is 2.15. The Morgan fingerprint density at radius 1 is 1.00 bits per heavy atom. The molecule has 0 aliphatic carbocycles. The molecule has 1 fully saturated rings. The predicted molar refractivity (Wildman–Crippen MR) is 109 cm³/mol. The summed E-state index contributed by atoms with van der Waals surface area (Å²) in [4.78, 5) is 28.5. The first-order valence-corrected chi connectivity index (χ1v) is 9.52. The van der Waals surface area contributed by atoms with E-state index in [0.717, 1.165) is 43.5 Å². The maximum atomic E-state index is 12.5. The Balaban J connectivity index is 0.00000364. The molecule has 1 saturated heterocycles. The number of hydrogen-bond acceptors (Lipinski definition) is 4. The van der Waals surface area contributed by atoms with Crippen molar-refractivity contribution >= 4 is 24.2 Å². The fourth-order valence-electron chi connectivity index (χ4n) is 3.21. The predicted octanol–water partition coefficient (Wildman–Crippen LogP) is 2.24. The Morgan fingerprint density at radius 2 is 1.63 bits per heavy atom. The molecule has 7 heteroatoms. The zero-order valence-corrected chi connectivity index (χ0v) is 17.0. The molecule has 2 amide bonds. The Hall–Kier alpha value is -1.79. The molecule has 1 aromatic rings. The molecule has 152 valence electrons.